The molecular weight excluding hydrogens is 295 g/mol. The van der Waals surface area contributed by atoms with Gasteiger partial charge in [0.2, 0.25) is 0 Å². The van der Waals surface area contributed by atoms with Crippen molar-refractivity contribution in [3.05, 3.63) is 29.6 Å². The second-order valence-electron chi connectivity index (χ2n) is 6.59. The van der Waals surface area contributed by atoms with Gasteiger partial charge in [-0.05, 0) is 43.5 Å². The fourth-order valence-electron chi connectivity index (χ4n) is 2.75. The Morgan fingerprint density at radius 3 is 2.57 bits per heavy atom. The highest BCUT2D eigenvalue weighted by Gasteiger charge is 2.17. The van der Waals surface area contributed by atoms with Crippen molar-refractivity contribution in [1.82, 2.24) is 5.32 Å². The molecule has 1 saturated heterocycles. The first-order chi connectivity index (χ1) is 11.0. The van der Waals surface area contributed by atoms with E-state index in [1.54, 1.807) is 6.07 Å². The van der Waals surface area contributed by atoms with E-state index in [1.165, 1.54) is 0 Å². The van der Waals surface area contributed by atoms with Crippen LogP contribution in [0.4, 0.5) is 10.1 Å². The van der Waals surface area contributed by atoms with E-state index in [-0.39, 0.29) is 23.9 Å². The minimum absolute atomic E-state index is 0.0580. The van der Waals surface area contributed by atoms with Crippen LogP contribution in [0, 0.1) is 11.7 Å². The Bertz CT molecular complexity index is 490. The summed E-state index contributed by atoms with van der Waals surface area (Å²) in [6, 6.07) is 5.51. The lowest BCUT2D eigenvalue weighted by Crippen LogP contribution is -2.36. The van der Waals surface area contributed by atoms with Crippen LogP contribution in [0.15, 0.2) is 18.2 Å². The highest BCUT2D eigenvalue weighted by atomic mass is 19.1. The molecule has 0 amide bonds. The van der Waals surface area contributed by atoms with Crippen LogP contribution in [-0.4, -0.2) is 44.1 Å². The minimum atomic E-state index is -0.296. The van der Waals surface area contributed by atoms with E-state index in [1.807, 2.05) is 37.8 Å². The number of anilines is 1. The monoisotopic (exact) mass is 324 g/mol. The molecule has 2 unspecified atom stereocenters. The first kappa shape index (κ1) is 18.2. The quantitative estimate of drug-likeness (QED) is 0.809. The second kappa shape index (κ2) is 8.62. The van der Waals surface area contributed by atoms with Crippen LogP contribution in [0.3, 0.4) is 0 Å². The third kappa shape index (κ3) is 5.16. The summed E-state index contributed by atoms with van der Waals surface area (Å²) in [7, 11) is 0. The predicted molar refractivity (Wildman–Crippen MR) is 91.3 cm³/mol. The molecule has 1 aliphatic rings. The molecule has 4 nitrogen and oxygen atoms in total. The van der Waals surface area contributed by atoms with Crippen LogP contribution in [-0.2, 0) is 4.74 Å². The molecule has 2 rings (SSSR count). The van der Waals surface area contributed by atoms with Gasteiger partial charge in [-0.25, -0.2) is 4.39 Å². The molecule has 1 heterocycles. The number of morpholine rings is 1. The Labute approximate surface area is 138 Å². The molecule has 1 aromatic carbocycles. The maximum atomic E-state index is 14.4. The highest BCUT2D eigenvalue weighted by Crippen LogP contribution is 2.24. The average molecular weight is 324 g/mol. The number of aliphatic hydroxyl groups is 1. The first-order valence-corrected chi connectivity index (χ1v) is 8.52. The molecule has 1 fully saturated rings. The van der Waals surface area contributed by atoms with Crippen molar-refractivity contribution in [2.45, 2.75) is 39.3 Å². The van der Waals surface area contributed by atoms with Gasteiger partial charge in [-0.2, -0.15) is 0 Å². The van der Waals surface area contributed by atoms with E-state index in [0.717, 1.165) is 18.7 Å². The summed E-state index contributed by atoms with van der Waals surface area (Å²) >= 11 is 0. The Morgan fingerprint density at radius 2 is 1.96 bits per heavy atom. The summed E-state index contributed by atoms with van der Waals surface area (Å²) in [6.07, 6.45) is 0.409. The predicted octanol–water partition coefficient (Wildman–Crippen LogP) is 2.72. The van der Waals surface area contributed by atoms with Crippen LogP contribution < -0.4 is 10.2 Å². The summed E-state index contributed by atoms with van der Waals surface area (Å²) < 4.78 is 19.7. The molecule has 0 radical (unpaired) electrons. The topological polar surface area (TPSA) is 44.7 Å². The fourth-order valence-corrected chi connectivity index (χ4v) is 2.75. The molecule has 130 valence electrons. The van der Waals surface area contributed by atoms with Gasteiger partial charge in [0, 0.05) is 19.1 Å². The number of rotatable bonds is 7. The van der Waals surface area contributed by atoms with Crippen molar-refractivity contribution in [3.63, 3.8) is 0 Å². The van der Waals surface area contributed by atoms with Crippen LogP contribution in [0.25, 0.3) is 0 Å². The average Bonchev–Trinajstić information content (AvgIpc) is 2.55. The second-order valence-corrected chi connectivity index (χ2v) is 6.59. The molecule has 0 spiro atoms. The molecule has 0 aliphatic carbocycles. The van der Waals surface area contributed by atoms with E-state index < -0.39 is 0 Å². The van der Waals surface area contributed by atoms with Gasteiger partial charge < -0.3 is 20.1 Å². The van der Waals surface area contributed by atoms with Gasteiger partial charge in [0.05, 0.1) is 25.0 Å². The number of hydrogen-bond donors (Lipinski definition) is 2. The molecule has 2 atom stereocenters. The van der Waals surface area contributed by atoms with Gasteiger partial charge >= 0.3 is 0 Å². The fraction of sp³-hybridized carbons (Fsp3) is 0.667. The third-order valence-corrected chi connectivity index (χ3v) is 4.48. The molecule has 0 bridgehead atoms. The first-order valence-electron chi connectivity index (χ1n) is 8.52. The van der Waals surface area contributed by atoms with Crippen LogP contribution in [0.2, 0.25) is 0 Å². The van der Waals surface area contributed by atoms with Gasteiger partial charge in [0.1, 0.15) is 5.82 Å². The van der Waals surface area contributed by atoms with Gasteiger partial charge in [-0.1, -0.05) is 19.9 Å². The zero-order chi connectivity index (χ0) is 16.8. The maximum Gasteiger partial charge on any atom is 0.146 e. The Morgan fingerprint density at radius 1 is 1.26 bits per heavy atom. The summed E-state index contributed by atoms with van der Waals surface area (Å²) in [6.45, 7) is 9.52. The molecule has 23 heavy (non-hydrogen) atoms. The minimum Gasteiger partial charge on any atom is -0.393 e. The van der Waals surface area contributed by atoms with Gasteiger partial charge in [-0.3, -0.25) is 0 Å². The van der Waals surface area contributed by atoms with E-state index in [2.05, 4.69) is 5.32 Å². The number of nitrogens with zero attached hydrogens (tertiary/aromatic N) is 1. The van der Waals surface area contributed by atoms with Crippen molar-refractivity contribution in [1.29, 1.82) is 0 Å². The molecular formula is C18H29FN2O2. The number of hydrogen-bond acceptors (Lipinski definition) is 4. The largest absolute Gasteiger partial charge is 0.393 e. The van der Waals surface area contributed by atoms with Crippen molar-refractivity contribution in [2.75, 3.05) is 37.7 Å². The van der Waals surface area contributed by atoms with Crippen LogP contribution >= 0.6 is 0 Å². The van der Waals surface area contributed by atoms with Crippen molar-refractivity contribution < 1.29 is 14.2 Å². The van der Waals surface area contributed by atoms with Crippen LogP contribution in [0.1, 0.15) is 38.8 Å². The molecule has 5 heteroatoms. The lowest BCUT2D eigenvalue weighted by Gasteiger charge is -2.29. The van der Waals surface area contributed by atoms with Crippen molar-refractivity contribution in [2.24, 2.45) is 5.92 Å². The van der Waals surface area contributed by atoms with E-state index in [4.69, 9.17) is 4.74 Å². The van der Waals surface area contributed by atoms with Gasteiger partial charge in [0.15, 0.2) is 0 Å². The summed E-state index contributed by atoms with van der Waals surface area (Å²) in [4.78, 5) is 2.03. The van der Waals surface area contributed by atoms with E-state index >= 15 is 0 Å². The number of benzene rings is 1. The molecule has 1 aromatic rings. The zero-order valence-corrected chi connectivity index (χ0v) is 14.4. The van der Waals surface area contributed by atoms with E-state index in [0.29, 0.717) is 31.9 Å². The lowest BCUT2D eigenvalue weighted by atomic mass is 10.0. The van der Waals surface area contributed by atoms with E-state index in [9.17, 15) is 9.50 Å². The standard InChI is InChI=1S/C18H29FN2O2/c1-13(2)18(22)6-7-20-14(3)15-4-5-17(16(19)12-15)21-8-10-23-11-9-21/h4-5,12-14,18,20,22H,6-11H2,1-3H3. The summed E-state index contributed by atoms with van der Waals surface area (Å²) in [5, 5.41) is 13.2. The van der Waals surface area contributed by atoms with Gasteiger partial charge in [-0.15, -0.1) is 0 Å². The lowest BCUT2D eigenvalue weighted by molar-refractivity contribution is 0.115. The molecule has 0 saturated carbocycles. The summed E-state index contributed by atoms with van der Waals surface area (Å²) in [5.74, 6) is 0.0811. The molecule has 0 aromatic heterocycles. The molecule has 1 aliphatic heterocycles. The third-order valence-electron chi connectivity index (χ3n) is 4.48. The normalized spacial score (nSPS) is 18.3. The van der Waals surface area contributed by atoms with Crippen LogP contribution in [0.5, 0.6) is 0 Å². The maximum absolute atomic E-state index is 14.4. The van der Waals surface area contributed by atoms with Crippen molar-refractivity contribution in [3.8, 4) is 0 Å². The zero-order valence-electron chi connectivity index (χ0n) is 14.4. The smallest absolute Gasteiger partial charge is 0.146 e. The molecule has 2 N–H and O–H groups in total. The van der Waals surface area contributed by atoms with Crippen molar-refractivity contribution >= 4 is 5.69 Å². The number of aliphatic hydroxyl groups excluding tert-OH is 1. The Kier molecular flexibility index (Phi) is 6.81. The highest BCUT2D eigenvalue weighted by molar-refractivity contribution is 5.49. The Balaban J connectivity index is 1.91. The number of ether oxygens (including phenoxy) is 1. The Hall–Kier alpha value is -1.17. The SMILES string of the molecule is CC(NCCC(O)C(C)C)c1ccc(N2CCOCC2)c(F)c1. The summed E-state index contributed by atoms with van der Waals surface area (Å²) in [5.41, 5.74) is 1.58. The van der Waals surface area contributed by atoms with Gasteiger partial charge in [0.25, 0.3) is 0 Å². The number of nitrogens with one attached hydrogen (secondary N) is 1. The number of halogens is 1.